The quantitative estimate of drug-likeness (QED) is 0.593. The number of amides is 1. The van der Waals surface area contributed by atoms with Gasteiger partial charge in [-0.15, -0.1) is 0 Å². The zero-order chi connectivity index (χ0) is 20.3. The van der Waals surface area contributed by atoms with E-state index < -0.39 is 0 Å². The topological polar surface area (TPSA) is 64.9 Å². The molecule has 0 aromatic heterocycles. The summed E-state index contributed by atoms with van der Waals surface area (Å²) in [6.07, 6.45) is 5.02. The third kappa shape index (κ3) is 4.09. The average Bonchev–Trinajstić information content (AvgIpc) is 2.65. The molecule has 0 spiro atoms. The van der Waals surface area contributed by atoms with Gasteiger partial charge in [0.1, 0.15) is 5.75 Å². The Kier molecular flexibility index (Phi) is 5.54. The van der Waals surface area contributed by atoms with Crippen molar-refractivity contribution in [1.29, 1.82) is 0 Å². The summed E-state index contributed by atoms with van der Waals surface area (Å²) in [7, 11) is 0. The molecule has 0 bridgehead atoms. The lowest BCUT2D eigenvalue weighted by atomic mass is 9.88. The Morgan fingerprint density at radius 1 is 1.25 bits per heavy atom. The van der Waals surface area contributed by atoms with Crippen LogP contribution in [-0.2, 0) is 0 Å². The second-order valence-corrected chi connectivity index (χ2v) is 7.66. The van der Waals surface area contributed by atoms with Crippen molar-refractivity contribution in [1.82, 2.24) is 5.43 Å². The van der Waals surface area contributed by atoms with E-state index in [0.29, 0.717) is 5.56 Å². The van der Waals surface area contributed by atoms with Crippen LogP contribution in [0.3, 0.4) is 0 Å². The largest absolute Gasteiger partial charge is 0.508 e. The van der Waals surface area contributed by atoms with Gasteiger partial charge >= 0.3 is 0 Å². The summed E-state index contributed by atoms with van der Waals surface area (Å²) in [5, 5.41) is 13.5. The molecular formula is C23H27N3O2. The Labute approximate surface area is 166 Å². The normalized spacial score (nSPS) is 15.3. The van der Waals surface area contributed by atoms with Gasteiger partial charge in [-0.25, -0.2) is 5.43 Å². The van der Waals surface area contributed by atoms with Gasteiger partial charge in [0, 0.05) is 23.4 Å². The SMILES string of the molecule is CCCN1c2ccc(/C=N/NC(=O)c3cccc(O)c3)cc2C(C)=CC1(C)C. The highest BCUT2D eigenvalue weighted by atomic mass is 16.3. The second kappa shape index (κ2) is 7.89. The van der Waals surface area contributed by atoms with Crippen LogP contribution in [0.2, 0.25) is 0 Å². The van der Waals surface area contributed by atoms with Crippen LogP contribution >= 0.6 is 0 Å². The van der Waals surface area contributed by atoms with Crippen molar-refractivity contribution in [2.24, 2.45) is 5.10 Å². The Hall–Kier alpha value is -3.08. The first-order valence-corrected chi connectivity index (χ1v) is 9.56. The van der Waals surface area contributed by atoms with Crippen molar-refractivity contribution in [3.63, 3.8) is 0 Å². The number of fused-ring (bicyclic) bond motifs is 1. The third-order valence-electron chi connectivity index (χ3n) is 4.94. The van der Waals surface area contributed by atoms with Crippen LogP contribution in [0, 0.1) is 0 Å². The molecule has 1 heterocycles. The van der Waals surface area contributed by atoms with E-state index in [-0.39, 0.29) is 17.2 Å². The molecule has 3 rings (SSSR count). The minimum atomic E-state index is -0.364. The number of nitrogens with zero attached hydrogens (tertiary/aromatic N) is 2. The van der Waals surface area contributed by atoms with E-state index in [0.717, 1.165) is 18.5 Å². The van der Waals surface area contributed by atoms with Crippen molar-refractivity contribution in [3.05, 3.63) is 65.2 Å². The van der Waals surface area contributed by atoms with Gasteiger partial charge in [-0.3, -0.25) is 4.79 Å². The number of phenols is 1. The Morgan fingerprint density at radius 3 is 2.75 bits per heavy atom. The molecule has 0 saturated heterocycles. The fourth-order valence-corrected chi connectivity index (χ4v) is 3.69. The predicted molar refractivity (Wildman–Crippen MR) is 115 cm³/mol. The van der Waals surface area contributed by atoms with Crippen LogP contribution in [-0.4, -0.2) is 29.3 Å². The number of hydrazone groups is 1. The first-order valence-electron chi connectivity index (χ1n) is 9.56. The van der Waals surface area contributed by atoms with E-state index in [9.17, 15) is 9.90 Å². The first kappa shape index (κ1) is 19.7. The van der Waals surface area contributed by atoms with E-state index in [1.165, 1.54) is 29.0 Å². The highest BCUT2D eigenvalue weighted by Crippen LogP contribution is 2.39. The number of anilines is 1. The molecule has 28 heavy (non-hydrogen) atoms. The Morgan fingerprint density at radius 2 is 2.04 bits per heavy atom. The highest BCUT2D eigenvalue weighted by Gasteiger charge is 2.30. The molecule has 146 valence electrons. The van der Waals surface area contributed by atoms with Crippen molar-refractivity contribution in [2.75, 3.05) is 11.4 Å². The van der Waals surface area contributed by atoms with Crippen molar-refractivity contribution < 1.29 is 9.90 Å². The zero-order valence-corrected chi connectivity index (χ0v) is 16.9. The number of carbonyl (C=O) groups excluding carboxylic acids is 1. The van der Waals surface area contributed by atoms with E-state index in [1.54, 1.807) is 18.3 Å². The van der Waals surface area contributed by atoms with Crippen LogP contribution in [0.4, 0.5) is 5.69 Å². The minimum Gasteiger partial charge on any atom is -0.508 e. The molecule has 0 radical (unpaired) electrons. The van der Waals surface area contributed by atoms with Gasteiger partial charge in [-0.05, 0) is 68.7 Å². The molecule has 0 atom stereocenters. The molecule has 1 aliphatic rings. The van der Waals surface area contributed by atoms with Gasteiger partial charge in [-0.2, -0.15) is 5.10 Å². The van der Waals surface area contributed by atoms with E-state index >= 15 is 0 Å². The Bertz CT molecular complexity index is 945. The summed E-state index contributed by atoms with van der Waals surface area (Å²) in [5.74, 6) is -0.315. The number of hydrogen-bond acceptors (Lipinski definition) is 4. The van der Waals surface area contributed by atoms with Crippen molar-refractivity contribution in [3.8, 4) is 5.75 Å². The number of aromatic hydroxyl groups is 1. The van der Waals surface area contributed by atoms with E-state index in [1.807, 2.05) is 6.07 Å². The summed E-state index contributed by atoms with van der Waals surface area (Å²) in [4.78, 5) is 14.5. The van der Waals surface area contributed by atoms with Crippen molar-refractivity contribution >= 4 is 23.4 Å². The molecule has 2 aromatic carbocycles. The standard InChI is InChI=1S/C23H27N3O2/c1-5-11-26-21-10-9-17(12-20(21)16(2)14-23(26,3)4)15-24-25-22(28)18-7-6-8-19(27)13-18/h6-10,12-15,27H,5,11H2,1-4H3,(H,25,28)/b24-15+. The summed E-state index contributed by atoms with van der Waals surface area (Å²) in [6.45, 7) is 9.80. The van der Waals surface area contributed by atoms with Gasteiger partial charge in [0.15, 0.2) is 0 Å². The summed E-state index contributed by atoms with van der Waals surface area (Å²) in [6, 6.07) is 12.4. The lowest BCUT2D eigenvalue weighted by Gasteiger charge is -2.43. The molecule has 5 heteroatoms. The second-order valence-electron chi connectivity index (χ2n) is 7.66. The highest BCUT2D eigenvalue weighted by molar-refractivity contribution is 5.95. The predicted octanol–water partition coefficient (Wildman–Crippen LogP) is 4.57. The van der Waals surface area contributed by atoms with Gasteiger partial charge < -0.3 is 10.0 Å². The minimum absolute atomic E-state index is 0.0160. The maximum absolute atomic E-state index is 12.1. The molecule has 5 nitrogen and oxygen atoms in total. The number of phenolic OH excluding ortho intramolecular Hbond substituents is 1. The van der Waals surface area contributed by atoms with Gasteiger partial charge in [0.05, 0.1) is 11.8 Å². The van der Waals surface area contributed by atoms with Gasteiger partial charge in [0.2, 0.25) is 0 Å². The smallest absolute Gasteiger partial charge is 0.271 e. The van der Waals surface area contributed by atoms with Gasteiger partial charge in [0.25, 0.3) is 5.91 Å². The van der Waals surface area contributed by atoms with Gasteiger partial charge in [-0.1, -0.05) is 25.1 Å². The molecule has 0 aliphatic carbocycles. The first-order chi connectivity index (χ1) is 13.3. The number of carbonyl (C=O) groups is 1. The Balaban J connectivity index is 1.79. The maximum Gasteiger partial charge on any atom is 0.271 e. The van der Waals surface area contributed by atoms with Crippen LogP contribution in [0.5, 0.6) is 5.75 Å². The number of hydrogen-bond donors (Lipinski definition) is 2. The molecule has 0 fully saturated rings. The fraction of sp³-hybridized carbons (Fsp3) is 0.304. The number of benzene rings is 2. The summed E-state index contributed by atoms with van der Waals surface area (Å²) < 4.78 is 0. The molecular weight excluding hydrogens is 350 g/mol. The van der Waals surface area contributed by atoms with Crippen LogP contribution < -0.4 is 10.3 Å². The molecule has 0 unspecified atom stereocenters. The fourth-order valence-electron chi connectivity index (χ4n) is 3.69. The van der Waals surface area contributed by atoms with E-state index in [4.69, 9.17) is 0 Å². The number of nitrogens with one attached hydrogen (secondary N) is 1. The molecule has 1 amide bonds. The zero-order valence-electron chi connectivity index (χ0n) is 16.9. The average molecular weight is 377 g/mol. The molecule has 2 N–H and O–H groups in total. The molecule has 2 aromatic rings. The molecule has 0 saturated carbocycles. The van der Waals surface area contributed by atoms with Crippen molar-refractivity contribution in [2.45, 2.75) is 39.7 Å². The van der Waals surface area contributed by atoms with Crippen LogP contribution in [0.1, 0.15) is 55.6 Å². The summed E-state index contributed by atoms with van der Waals surface area (Å²) >= 11 is 0. The van der Waals surface area contributed by atoms with Crippen LogP contribution in [0.25, 0.3) is 5.57 Å². The third-order valence-corrected chi connectivity index (χ3v) is 4.94. The lowest BCUT2D eigenvalue weighted by molar-refractivity contribution is 0.0954. The lowest BCUT2D eigenvalue weighted by Crippen LogP contribution is -2.45. The monoisotopic (exact) mass is 377 g/mol. The molecule has 1 aliphatic heterocycles. The number of allylic oxidation sites excluding steroid dienone is 1. The summed E-state index contributed by atoms with van der Waals surface area (Å²) in [5.41, 5.74) is 7.42. The number of rotatable bonds is 5. The maximum atomic E-state index is 12.1. The van der Waals surface area contributed by atoms with E-state index in [2.05, 4.69) is 61.3 Å². The van der Waals surface area contributed by atoms with Crippen LogP contribution in [0.15, 0.2) is 53.6 Å².